The van der Waals surface area contributed by atoms with Crippen molar-refractivity contribution < 1.29 is 9.59 Å². The Labute approximate surface area is 177 Å². The van der Waals surface area contributed by atoms with E-state index in [1.165, 1.54) is 12.8 Å². The molecule has 1 saturated heterocycles. The van der Waals surface area contributed by atoms with Crippen LogP contribution in [0.3, 0.4) is 0 Å². The number of thiophene rings is 1. The first-order valence-corrected chi connectivity index (χ1v) is 11.8. The van der Waals surface area contributed by atoms with Gasteiger partial charge in [-0.2, -0.15) is 0 Å². The van der Waals surface area contributed by atoms with Gasteiger partial charge in [-0.3, -0.25) is 9.59 Å². The highest BCUT2D eigenvalue weighted by molar-refractivity contribution is 7.20. The predicted octanol–water partition coefficient (Wildman–Crippen LogP) is 5.87. The van der Waals surface area contributed by atoms with E-state index < -0.39 is 0 Å². The Balaban J connectivity index is 1.67. The highest BCUT2D eigenvalue weighted by Crippen LogP contribution is 2.41. The van der Waals surface area contributed by atoms with E-state index >= 15 is 0 Å². The second-order valence-electron chi connectivity index (χ2n) is 8.30. The topological polar surface area (TPSA) is 49.4 Å². The van der Waals surface area contributed by atoms with Crippen molar-refractivity contribution >= 4 is 28.2 Å². The molecule has 0 radical (unpaired) electrons. The summed E-state index contributed by atoms with van der Waals surface area (Å²) in [6.07, 6.45) is 8.68. The number of likely N-dealkylation sites (tertiary alicyclic amines) is 1. The van der Waals surface area contributed by atoms with Crippen LogP contribution >= 0.6 is 11.3 Å². The largest absolute Gasteiger partial charge is 0.339 e. The zero-order valence-corrected chi connectivity index (χ0v) is 18.0. The number of rotatable bonds is 4. The van der Waals surface area contributed by atoms with Crippen molar-refractivity contribution in [1.82, 2.24) is 4.90 Å². The second-order valence-corrected chi connectivity index (χ2v) is 9.32. The van der Waals surface area contributed by atoms with Gasteiger partial charge in [-0.15, -0.1) is 11.3 Å². The monoisotopic (exact) mass is 410 g/mol. The molecule has 2 aliphatic rings. The maximum absolute atomic E-state index is 13.4. The van der Waals surface area contributed by atoms with Crippen molar-refractivity contribution in [3.8, 4) is 10.4 Å². The zero-order chi connectivity index (χ0) is 20.2. The van der Waals surface area contributed by atoms with E-state index in [0.29, 0.717) is 5.56 Å². The number of amides is 2. The average Bonchev–Trinajstić information content (AvgIpc) is 3.10. The van der Waals surface area contributed by atoms with Crippen LogP contribution in [0.5, 0.6) is 0 Å². The number of nitrogens with zero attached hydrogens (tertiary/aromatic N) is 1. The molecule has 1 N–H and O–H groups in total. The second kappa shape index (κ2) is 9.12. The Hall–Kier alpha value is -2.14. The minimum atomic E-state index is 0.0691. The van der Waals surface area contributed by atoms with Crippen molar-refractivity contribution in [3.05, 3.63) is 41.5 Å². The van der Waals surface area contributed by atoms with Crippen LogP contribution in [0.15, 0.2) is 30.3 Å². The van der Waals surface area contributed by atoms with Crippen LogP contribution in [-0.4, -0.2) is 29.8 Å². The lowest BCUT2D eigenvalue weighted by molar-refractivity contribution is -0.120. The van der Waals surface area contributed by atoms with E-state index in [4.69, 9.17) is 0 Å². The molecule has 5 heteroatoms. The van der Waals surface area contributed by atoms with Crippen molar-refractivity contribution in [2.24, 2.45) is 5.92 Å². The van der Waals surface area contributed by atoms with Gasteiger partial charge in [0, 0.05) is 23.9 Å². The number of carbonyl (C=O) groups excluding carboxylic acids is 2. The summed E-state index contributed by atoms with van der Waals surface area (Å²) in [7, 11) is 0. The zero-order valence-electron chi connectivity index (χ0n) is 17.2. The highest BCUT2D eigenvalue weighted by Gasteiger charge is 2.29. The van der Waals surface area contributed by atoms with Crippen molar-refractivity contribution in [1.29, 1.82) is 0 Å². The van der Waals surface area contributed by atoms with Gasteiger partial charge in [0.2, 0.25) is 5.91 Å². The minimum absolute atomic E-state index is 0.0691. The van der Waals surface area contributed by atoms with Crippen molar-refractivity contribution in [2.75, 3.05) is 18.4 Å². The van der Waals surface area contributed by atoms with E-state index in [1.54, 1.807) is 11.3 Å². The molecule has 4 nitrogen and oxygen atoms in total. The van der Waals surface area contributed by atoms with Gasteiger partial charge in [-0.25, -0.2) is 0 Å². The number of benzene rings is 1. The Bertz CT molecular complexity index is 863. The molecule has 0 spiro atoms. The van der Waals surface area contributed by atoms with Crippen LogP contribution in [0.4, 0.5) is 5.00 Å². The fourth-order valence-corrected chi connectivity index (χ4v) is 5.77. The summed E-state index contributed by atoms with van der Waals surface area (Å²) in [5, 5.41) is 3.89. The van der Waals surface area contributed by atoms with Gasteiger partial charge in [0.05, 0.1) is 5.56 Å². The maximum Gasteiger partial charge on any atom is 0.257 e. The Kier molecular flexibility index (Phi) is 6.34. The van der Waals surface area contributed by atoms with Crippen LogP contribution in [0.25, 0.3) is 10.4 Å². The van der Waals surface area contributed by atoms with Crippen LogP contribution in [0.1, 0.15) is 67.3 Å². The average molecular weight is 411 g/mol. The number of hydrogen-bond acceptors (Lipinski definition) is 3. The molecular weight excluding hydrogens is 380 g/mol. The normalized spacial score (nSPS) is 17.9. The quantitative estimate of drug-likeness (QED) is 0.685. The molecule has 154 valence electrons. The fourth-order valence-electron chi connectivity index (χ4n) is 4.56. The Morgan fingerprint density at radius 3 is 2.31 bits per heavy atom. The third-order valence-corrected chi connectivity index (χ3v) is 7.51. The molecule has 1 aliphatic carbocycles. The van der Waals surface area contributed by atoms with E-state index in [9.17, 15) is 9.59 Å². The summed E-state index contributed by atoms with van der Waals surface area (Å²) >= 11 is 1.54. The molecule has 2 aromatic rings. The first-order valence-electron chi connectivity index (χ1n) is 10.9. The standard InChI is InChI=1S/C24H30N2O2S/c1-17-20(24(28)26-15-9-4-10-16-26)23(25-22(27)19-13-7-3-8-14-19)29-21(17)18-11-5-2-6-12-18/h2,5-6,11-12,19H,3-4,7-10,13-16H2,1H3,(H,25,27). The summed E-state index contributed by atoms with van der Waals surface area (Å²) in [6, 6.07) is 10.2. The van der Waals surface area contributed by atoms with E-state index in [0.717, 1.165) is 72.6 Å². The molecule has 2 fully saturated rings. The van der Waals surface area contributed by atoms with Crippen LogP contribution in [0.2, 0.25) is 0 Å². The third-order valence-electron chi connectivity index (χ3n) is 6.25. The SMILES string of the molecule is Cc1c(-c2ccccc2)sc(NC(=O)C2CCCCC2)c1C(=O)N1CCCCC1. The molecule has 0 atom stereocenters. The van der Waals surface area contributed by atoms with E-state index in [1.807, 2.05) is 30.0 Å². The molecule has 29 heavy (non-hydrogen) atoms. The Morgan fingerprint density at radius 1 is 0.966 bits per heavy atom. The van der Waals surface area contributed by atoms with E-state index in [-0.39, 0.29) is 17.7 Å². The first kappa shape index (κ1) is 20.1. The van der Waals surface area contributed by atoms with Gasteiger partial charge in [-0.05, 0) is 50.2 Å². The minimum Gasteiger partial charge on any atom is -0.339 e. The molecule has 1 aromatic heterocycles. The first-order chi connectivity index (χ1) is 14.1. The molecule has 1 saturated carbocycles. The molecule has 2 amide bonds. The number of carbonyl (C=O) groups is 2. The highest BCUT2D eigenvalue weighted by atomic mass is 32.1. The van der Waals surface area contributed by atoms with Crippen molar-refractivity contribution in [2.45, 2.75) is 58.3 Å². The fraction of sp³-hybridized carbons (Fsp3) is 0.500. The van der Waals surface area contributed by atoms with Gasteiger partial charge < -0.3 is 10.2 Å². The lowest BCUT2D eigenvalue weighted by Gasteiger charge is -2.27. The molecule has 0 bridgehead atoms. The number of piperidine rings is 1. The van der Waals surface area contributed by atoms with Gasteiger partial charge in [0.15, 0.2) is 0 Å². The lowest BCUT2D eigenvalue weighted by atomic mass is 9.88. The summed E-state index contributed by atoms with van der Waals surface area (Å²) < 4.78 is 0. The number of anilines is 1. The van der Waals surface area contributed by atoms with Gasteiger partial charge in [0.1, 0.15) is 5.00 Å². The van der Waals surface area contributed by atoms with Gasteiger partial charge >= 0.3 is 0 Å². The van der Waals surface area contributed by atoms with Gasteiger partial charge in [0.25, 0.3) is 5.91 Å². The van der Waals surface area contributed by atoms with E-state index in [2.05, 4.69) is 17.4 Å². The lowest BCUT2D eigenvalue weighted by Crippen LogP contribution is -2.36. The summed E-state index contributed by atoms with van der Waals surface area (Å²) in [4.78, 5) is 29.4. The molecular formula is C24H30N2O2S. The molecule has 1 aliphatic heterocycles. The predicted molar refractivity (Wildman–Crippen MR) is 119 cm³/mol. The van der Waals surface area contributed by atoms with Crippen molar-refractivity contribution in [3.63, 3.8) is 0 Å². The smallest absolute Gasteiger partial charge is 0.257 e. The molecule has 1 aromatic carbocycles. The summed E-state index contributed by atoms with van der Waals surface area (Å²) in [5.74, 6) is 0.224. The molecule has 0 unspecified atom stereocenters. The van der Waals surface area contributed by atoms with Crippen LogP contribution in [0, 0.1) is 12.8 Å². The Morgan fingerprint density at radius 2 is 1.62 bits per heavy atom. The number of nitrogens with one attached hydrogen (secondary N) is 1. The molecule has 2 heterocycles. The summed E-state index contributed by atoms with van der Waals surface area (Å²) in [5.41, 5.74) is 2.77. The van der Waals surface area contributed by atoms with Crippen LogP contribution in [-0.2, 0) is 4.79 Å². The maximum atomic E-state index is 13.4. The third kappa shape index (κ3) is 4.40. The number of hydrogen-bond donors (Lipinski definition) is 1. The van der Waals surface area contributed by atoms with Crippen LogP contribution < -0.4 is 5.32 Å². The van der Waals surface area contributed by atoms with Gasteiger partial charge in [-0.1, -0.05) is 49.6 Å². The molecule has 4 rings (SSSR count). The summed E-state index contributed by atoms with van der Waals surface area (Å²) in [6.45, 7) is 3.64.